The maximum absolute atomic E-state index is 12.9. The molecule has 0 saturated carbocycles. The zero-order valence-electron chi connectivity index (χ0n) is 17.3. The first-order chi connectivity index (χ1) is 14.4. The minimum atomic E-state index is -3.51. The van der Waals surface area contributed by atoms with E-state index < -0.39 is 10.0 Å². The highest BCUT2D eigenvalue weighted by molar-refractivity contribution is 7.91. The Hall–Kier alpha value is -1.90. The van der Waals surface area contributed by atoms with E-state index in [0.29, 0.717) is 29.6 Å². The summed E-state index contributed by atoms with van der Waals surface area (Å²) in [6.07, 6.45) is 2.51. The van der Waals surface area contributed by atoms with Crippen LogP contribution in [0.25, 0.3) is 0 Å². The molecule has 1 aromatic carbocycles. The number of sulfonamides is 1. The maximum atomic E-state index is 12.9. The molecule has 6 nitrogen and oxygen atoms in total. The fourth-order valence-electron chi connectivity index (χ4n) is 4.31. The number of nitrogens with one attached hydrogen (secondary N) is 1. The average molecular weight is 448 g/mol. The monoisotopic (exact) mass is 447 g/mol. The van der Waals surface area contributed by atoms with Crippen LogP contribution in [0.1, 0.15) is 24.1 Å². The van der Waals surface area contributed by atoms with Crippen molar-refractivity contribution in [3.63, 3.8) is 0 Å². The van der Waals surface area contributed by atoms with Crippen LogP contribution in [0.15, 0.2) is 46.7 Å². The fraction of sp³-hybridized carbons (Fsp3) is 0.500. The van der Waals surface area contributed by atoms with Crippen LogP contribution < -0.4 is 10.2 Å². The van der Waals surface area contributed by atoms with Gasteiger partial charge in [0, 0.05) is 43.3 Å². The molecule has 1 N–H and O–H groups in total. The molecule has 2 fully saturated rings. The van der Waals surface area contributed by atoms with Gasteiger partial charge in [0.15, 0.2) is 0 Å². The Morgan fingerprint density at radius 1 is 1.10 bits per heavy atom. The molecule has 2 atom stereocenters. The van der Waals surface area contributed by atoms with Crippen LogP contribution in [-0.2, 0) is 14.8 Å². The summed E-state index contributed by atoms with van der Waals surface area (Å²) in [6, 6.07) is 13.8. The second-order valence-electron chi connectivity index (χ2n) is 8.25. The van der Waals surface area contributed by atoms with Gasteiger partial charge in [0.2, 0.25) is 5.91 Å². The highest BCUT2D eigenvalue weighted by Crippen LogP contribution is 2.28. The van der Waals surface area contributed by atoms with E-state index in [9.17, 15) is 13.2 Å². The molecule has 2 aliphatic heterocycles. The number of anilines is 1. The zero-order chi connectivity index (χ0) is 21.1. The number of aryl methyl sites for hydroxylation is 1. The lowest BCUT2D eigenvalue weighted by Gasteiger charge is -2.31. The van der Waals surface area contributed by atoms with Gasteiger partial charge in [0.05, 0.1) is 5.92 Å². The Kier molecular flexibility index (Phi) is 6.46. The molecule has 0 spiro atoms. The van der Waals surface area contributed by atoms with Crippen molar-refractivity contribution < 1.29 is 13.2 Å². The van der Waals surface area contributed by atoms with Crippen molar-refractivity contribution in [3.8, 4) is 0 Å². The maximum Gasteiger partial charge on any atom is 0.252 e. The van der Waals surface area contributed by atoms with Gasteiger partial charge in [0.1, 0.15) is 4.21 Å². The molecule has 4 rings (SSSR count). The highest BCUT2D eigenvalue weighted by atomic mass is 32.2. The third-order valence-corrected chi connectivity index (χ3v) is 9.37. The summed E-state index contributed by atoms with van der Waals surface area (Å²) in [5, 5.41) is 3.10. The predicted molar refractivity (Wildman–Crippen MR) is 120 cm³/mol. The van der Waals surface area contributed by atoms with Gasteiger partial charge in [-0.3, -0.25) is 4.79 Å². The lowest BCUT2D eigenvalue weighted by Crippen LogP contribution is -2.46. The first kappa shape index (κ1) is 21.3. The van der Waals surface area contributed by atoms with Crippen LogP contribution in [0.5, 0.6) is 0 Å². The molecule has 1 aromatic heterocycles. The number of amides is 1. The standard InChI is InChI=1S/C22H29N3O3S2/c1-17-9-10-21(29-17)30(27,28)25-12-5-6-19(16-25)22(26)23-14-18-11-13-24(15-18)20-7-3-2-4-8-20/h2-4,7-10,18-19H,5-6,11-16H2,1H3,(H,23,26). The summed E-state index contributed by atoms with van der Waals surface area (Å²) in [6.45, 7) is 5.24. The summed E-state index contributed by atoms with van der Waals surface area (Å²) in [5.41, 5.74) is 1.23. The average Bonchev–Trinajstić information content (AvgIpc) is 3.42. The van der Waals surface area contributed by atoms with Gasteiger partial charge in [-0.2, -0.15) is 4.31 Å². The minimum absolute atomic E-state index is 0.0181. The molecular formula is C22H29N3O3S2. The van der Waals surface area contributed by atoms with Crippen molar-refractivity contribution in [2.45, 2.75) is 30.4 Å². The van der Waals surface area contributed by atoms with E-state index in [2.05, 4.69) is 22.3 Å². The van der Waals surface area contributed by atoms with Gasteiger partial charge in [0.25, 0.3) is 10.0 Å². The van der Waals surface area contributed by atoms with Crippen molar-refractivity contribution in [1.82, 2.24) is 9.62 Å². The number of nitrogens with zero attached hydrogens (tertiary/aromatic N) is 2. The Morgan fingerprint density at radius 3 is 2.63 bits per heavy atom. The Morgan fingerprint density at radius 2 is 1.90 bits per heavy atom. The zero-order valence-corrected chi connectivity index (χ0v) is 18.9. The molecule has 2 aromatic rings. The molecule has 3 heterocycles. The molecule has 8 heteroatoms. The van der Waals surface area contributed by atoms with Gasteiger partial charge in [-0.1, -0.05) is 18.2 Å². The molecule has 2 aliphatic rings. The van der Waals surface area contributed by atoms with Crippen molar-refractivity contribution >= 4 is 33.0 Å². The molecule has 162 valence electrons. The van der Waals surface area contributed by atoms with Crippen LogP contribution in [-0.4, -0.2) is 51.4 Å². The first-order valence-electron chi connectivity index (χ1n) is 10.6. The van der Waals surface area contributed by atoms with Gasteiger partial charge in [-0.15, -0.1) is 11.3 Å². The SMILES string of the molecule is Cc1ccc(S(=O)(=O)N2CCCC(C(=O)NCC3CCN(c4ccccc4)C3)C2)s1. The molecule has 0 aliphatic carbocycles. The lowest BCUT2D eigenvalue weighted by molar-refractivity contribution is -0.126. The summed E-state index contributed by atoms with van der Waals surface area (Å²) in [4.78, 5) is 16.1. The number of hydrogen-bond acceptors (Lipinski definition) is 5. The Labute approximate surface area is 182 Å². The molecule has 1 amide bonds. The van der Waals surface area contributed by atoms with E-state index >= 15 is 0 Å². The van der Waals surface area contributed by atoms with E-state index in [1.807, 2.05) is 31.2 Å². The lowest BCUT2D eigenvalue weighted by atomic mass is 9.98. The van der Waals surface area contributed by atoms with Crippen molar-refractivity contribution in [2.75, 3.05) is 37.6 Å². The van der Waals surface area contributed by atoms with E-state index in [1.165, 1.54) is 21.3 Å². The number of piperidine rings is 1. The summed E-state index contributed by atoms with van der Waals surface area (Å²) >= 11 is 1.29. The van der Waals surface area contributed by atoms with Gasteiger partial charge in [-0.05, 0) is 56.4 Å². The number of para-hydroxylation sites is 1. The highest BCUT2D eigenvalue weighted by Gasteiger charge is 2.34. The largest absolute Gasteiger partial charge is 0.371 e. The fourth-order valence-corrected chi connectivity index (χ4v) is 7.28. The topological polar surface area (TPSA) is 69.7 Å². The first-order valence-corrected chi connectivity index (χ1v) is 12.8. The van der Waals surface area contributed by atoms with Crippen LogP contribution >= 0.6 is 11.3 Å². The van der Waals surface area contributed by atoms with E-state index in [-0.39, 0.29) is 18.4 Å². The molecule has 30 heavy (non-hydrogen) atoms. The molecule has 0 radical (unpaired) electrons. The molecule has 0 bridgehead atoms. The van der Waals surface area contributed by atoms with E-state index in [4.69, 9.17) is 0 Å². The number of benzene rings is 1. The van der Waals surface area contributed by atoms with Crippen molar-refractivity contribution in [3.05, 3.63) is 47.3 Å². The second kappa shape index (κ2) is 9.08. The van der Waals surface area contributed by atoms with Crippen LogP contribution in [0.3, 0.4) is 0 Å². The van der Waals surface area contributed by atoms with Gasteiger partial charge in [-0.25, -0.2) is 8.42 Å². The second-order valence-corrected chi connectivity index (χ2v) is 11.7. The van der Waals surface area contributed by atoms with E-state index in [0.717, 1.165) is 30.8 Å². The molecule has 2 unspecified atom stereocenters. The predicted octanol–water partition coefficient (Wildman–Crippen LogP) is 3.10. The van der Waals surface area contributed by atoms with Crippen molar-refractivity contribution in [2.24, 2.45) is 11.8 Å². The normalized spacial score (nSPS) is 22.9. The Balaban J connectivity index is 1.30. The minimum Gasteiger partial charge on any atom is -0.371 e. The molecule has 2 saturated heterocycles. The van der Waals surface area contributed by atoms with E-state index in [1.54, 1.807) is 6.07 Å². The third kappa shape index (κ3) is 4.71. The van der Waals surface area contributed by atoms with Crippen LogP contribution in [0, 0.1) is 18.8 Å². The number of rotatable bonds is 6. The summed E-state index contributed by atoms with van der Waals surface area (Å²) in [5.74, 6) is 0.128. The number of carbonyl (C=O) groups is 1. The van der Waals surface area contributed by atoms with Crippen LogP contribution in [0.2, 0.25) is 0 Å². The Bertz CT molecular complexity index is 975. The molecular weight excluding hydrogens is 418 g/mol. The number of hydrogen-bond donors (Lipinski definition) is 1. The summed E-state index contributed by atoms with van der Waals surface area (Å²) in [7, 11) is -3.51. The van der Waals surface area contributed by atoms with Gasteiger partial charge < -0.3 is 10.2 Å². The quantitative estimate of drug-likeness (QED) is 0.739. The number of carbonyl (C=O) groups excluding carboxylic acids is 1. The van der Waals surface area contributed by atoms with Gasteiger partial charge >= 0.3 is 0 Å². The van der Waals surface area contributed by atoms with Crippen molar-refractivity contribution in [1.29, 1.82) is 0 Å². The summed E-state index contributed by atoms with van der Waals surface area (Å²) < 4.78 is 27.7. The number of thiophene rings is 1. The third-order valence-electron chi connectivity index (χ3n) is 6.04. The van der Waals surface area contributed by atoms with Crippen LogP contribution in [0.4, 0.5) is 5.69 Å². The smallest absolute Gasteiger partial charge is 0.252 e.